The van der Waals surface area contributed by atoms with Crippen LogP contribution in [0.25, 0.3) is 0 Å². The van der Waals surface area contributed by atoms with Gasteiger partial charge in [-0.1, -0.05) is 29.3 Å². The van der Waals surface area contributed by atoms with Crippen molar-refractivity contribution in [1.29, 1.82) is 0 Å². The van der Waals surface area contributed by atoms with Crippen molar-refractivity contribution < 1.29 is 0 Å². The Kier molecular flexibility index (Phi) is 4.42. The molecule has 0 bridgehead atoms. The molecule has 0 aliphatic carbocycles. The maximum atomic E-state index is 11.6. The summed E-state index contributed by atoms with van der Waals surface area (Å²) < 4.78 is 0. The van der Waals surface area contributed by atoms with E-state index in [-0.39, 0.29) is 11.5 Å². The molecule has 104 valence electrons. The van der Waals surface area contributed by atoms with Crippen molar-refractivity contribution in [3.05, 3.63) is 55.4 Å². The fourth-order valence-corrected chi connectivity index (χ4v) is 1.92. The highest BCUT2D eigenvalue weighted by Crippen LogP contribution is 2.19. The van der Waals surface area contributed by atoms with Crippen LogP contribution >= 0.6 is 23.2 Å². The number of nitrogens with one attached hydrogen (secondary N) is 2. The van der Waals surface area contributed by atoms with E-state index >= 15 is 0 Å². The predicted octanol–water partition coefficient (Wildman–Crippen LogP) is 3.14. The molecule has 0 aliphatic heterocycles. The zero-order valence-electron chi connectivity index (χ0n) is 10.9. The van der Waals surface area contributed by atoms with Crippen molar-refractivity contribution in [3.63, 3.8) is 0 Å². The second-order valence-corrected chi connectivity index (χ2v) is 5.00. The summed E-state index contributed by atoms with van der Waals surface area (Å²) >= 11 is 11.8. The first-order valence-electron chi connectivity index (χ1n) is 5.79. The van der Waals surface area contributed by atoms with Gasteiger partial charge in [0.2, 0.25) is 5.95 Å². The second kappa shape index (κ2) is 6.07. The van der Waals surface area contributed by atoms with Crippen LogP contribution in [0.2, 0.25) is 10.0 Å². The molecule has 1 heterocycles. The van der Waals surface area contributed by atoms with E-state index in [1.807, 2.05) is 0 Å². The Morgan fingerprint density at radius 2 is 2.10 bits per heavy atom. The number of aryl methyl sites for hydroxylation is 1. The fraction of sp³-hybridized carbons (Fsp3) is 0.154. The second-order valence-electron chi connectivity index (χ2n) is 4.16. The summed E-state index contributed by atoms with van der Waals surface area (Å²) in [5, 5.41) is 5.03. The van der Waals surface area contributed by atoms with Gasteiger partial charge in [-0.05, 0) is 26.0 Å². The molecule has 0 saturated carbocycles. The largest absolute Gasteiger partial charge is 0.291 e. The number of rotatable bonds is 3. The molecule has 0 fully saturated rings. The van der Waals surface area contributed by atoms with Gasteiger partial charge in [0.1, 0.15) is 0 Å². The number of aromatic nitrogens is 2. The highest BCUT2D eigenvalue weighted by atomic mass is 35.5. The number of halogens is 2. The van der Waals surface area contributed by atoms with Gasteiger partial charge in [0.25, 0.3) is 5.56 Å². The quantitative estimate of drug-likeness (QED) is 0.676. The van der Waals surface area contributed by atoms with Crippen molar-refractivity contribution in [1.82, 2.24) is 9.97 Å². The van der Waals surface area contributed by atoms with Crippen molar-refractivity contribution in [2.75, 3.05) is 5.43 Å². The summed E-state index contributed by atoms with van der Waals surface area (Å²) in [6.45, 7) is 3.47. The number of hydrogen-bond donors (Lipinski definition) is 2. The first kappa shape index (κ1) is 14.6. The summed E-state index contributed by atoms with van der Waals surface area (Å²) in [4.78, 5) is 18.3. The third kappa shape index (κ3) is 3.37. The maximum Gasteiger partial charge on any atom is 0.255 e. The van der Waals surface area contributed by atoms with Crippen LogP contribution < -0.4 is 11.0 Å². The zero-order chi connectivity index (χ0) is 14.7. The lowest BCUT2D eigenvalue weighted by Gasteiger charge is -2.03. The molecule has 0 unspecified atom stereocenters. The number of hydrazone groups is 1. The van der Waals surface area contributed by atoms with Gasteiger partial charge < -0.3 is 0 Å². The fourth-order valence-electron chi connectivity index (χ4n) is 1.47. The molecule has 5 nitrogen and oxygen atoms in total. The van der Waals surface area contributed by atoms with Crippen LogP contribution in [-0.2, 0) is 0 Å². The van der Waals surface area contributed by atoms with Crippen LogP contribution in [0.4, 0.5) is 5.95 Å². The summed E-state index contributed by atoms with van der Waals surface area (Å²) in [7, 11) is 0. The lowest BCUT2D eigenvalue weighted by molar-refractivity contribution is 1.01. The van der Waals surface area contributed by atoms with E-state index in [1.54, 1.807) is 32.0 Å². The Labute approximate surface area is 125 Å². The minimum absolute atomic E-state index is 0.195. The Morgan fingerprint density at radius 1 is 1.35 bits per heavy atom. The van der Waals surface area contributed by atoms with Gasteiger partial charge in [0.15, 0.2) is 0 Å². The number of anilines is 1. The average Bonchev–Trinajstić information content (AvgIpc) is 2.38. The summed E-state index contributed by atoms with van der Waals surface area (Å²) in [5.74, 6) is 0.277. The van der Waals surface area contributed by atoms with E-state index in [9.17, 15) is 4.79 Å². The van der Waals surface area contributed by atoms with Crippen LogP contribution in [0, 0.1) is 13.8 Å². The molecular weight excluding hydrogens is 299 g/mol. The molecule has 0 atom stereocenters. The Balaban J connectivity index is 2.16. The summed E-state index contributed by atoms with van der Waals surface area (Å²) in [5.41, 5.74) is 4.40. The Hall–Kier alpha value is -1.85. The van der Waals surface area contributed by atoms with E-state index < -0.39 is 0 Å². The van der Waals surface area contributed by atoms with Crippen molar-refractivity contribution >= 4 is 35.4 Å². The highest BCUT2D eigenvalue weighted by Gasteiger charge is 2.02. The molecule has 0 saturated heterocycles. The van der Waals surface area contributed by atoms with Crippen molar-refractivity contribution in [2.24, 2.45) is 5.10 Å². The lowest BCUT2D eigenvalue weighted by Crippen LogP contribution is -2.15. The molecular formula is C13H12Cl2N4O. The van der Waals surface area contributed by atoms with E-state index in [2.05, 4.69) is 20.5 Å². The van der Waals surface area contributed by atoms with Crippen LogP contribution in [0.15, 0.2) is 28.1 Å². The Bertz CT molecular complexity index is 725. The molecule has 20 heavy (non-hydrogen) atoms. The average molecular weight is 311 g/mol. The molecule has 2 aromatic rings. The third-order valence-corrected chi connectivity index (χ3v) is 3.29. The molecule has 0 spiro atoms. The third-order valence-electron chi connectivity index (χ3n) is 2.73. The lowest BCUT2D eigenvalue weighted by atomic mass is 10.2. The van der Waals surface area contributed by atoms with Gasteiger partial charge in [-0.3, -0.25) is 9.78 Å². The number of benzene rings is 1. The molecule has 1 aromatic carbocycles. The molecule has 0 amide bonds. The van der Waals surface area contributed by atoms with Crippen LogP contribution in [0.3, 0.4) is 0 Å². The maximum absolute atomic E-state index is 11.6. The van der Waals surface area contributed by atoms with Gasteiger partial charge in [-0.25, -0.2) is 10.4 Å². The number of H-pyrrole nitrogens is 1. The van der Waals surface area contributed by atoms with Gasteiger partial charge in [-0.2, -0.15) is 5.10 Å². The zero-order valence-corrected chi connectivity index (χ0v) is 12.4. The summed E-state index contributed by atoms with van der Waals surface area (Å²) in [6, 6.07) is 5.08. The normalized spacial score (nSPS) is 11.0. The minimum Gasteiger partial charge on any atom is -0.291 e. The number of hydrogen-bond acceptors (Lipinski definition) is 4. The van der Waals surface area contributed by atoms with Crippen molar-refractivity contribution in [2.45, 2.75) is 13.8 Å². The number of nitrogens with zero attached hydrogens (tertiary/aromatic N) is 2. The molecule has 0 radical (unpaired) electrons. The number of aromatic amines is 1. The van der Waals surface area contributed by atoms with Gasteiger partial charge >= 0.3 is 0 Å². The van der Waals surface area contributed by atoms with E-state index in [1.165, 1.54) is 6.21 Å². The standard InChI is InChI=1S/C13H12Cl2N4O/c1-7-8(2)17-13(18-12(7)20)19-16-6-9-3-4-10(14)5-11(9)15/h3-6H,1-2H3,(H2,17,18,19,20)/b16-6-. The summed E-state index contributed by atoms with van der Waals surface area (Å²) in [6.07, 6.45) is 1.52. The van der Waals surface area contributed by atoms with Crippen LogP contribution in [-0.4, -0.2) is 16.2 Å². The monoisotopic (exact) mass is 310 g/mol. The van der Waals surface area contributed by atoms with Gasteiger partial charge in [0.05, 0.1) is 11.2 Å². The van der Waals surface area contributed by atoms with E-state index in [4.69, 9.17) is 23.2 Å². The van der Waals surface area contributed by atoms with E-state index in [0.29, 0.717) is 26.9 Å². The SMILES string of the molecule is Cc1nc(N/N=C\c2ccc(Cl)cc2Cl)[nH]c(=O)c1C. The van der Waals surface area contributed by atoms with Crippen LogP contribution in [0.5, 0.6) is 0 Å². The molecule has 2 N–H and O–H groups in total. The van der Waals surface area contributed by atoms with E-state index in [0.717, 1.165) is 0 Å². The molecule has 1 aromatic heterocycles. The van der Waals surface area contributed by atoms with Crippen molar-refractivity contribution in [3.8, 4) is 0 Å². The highest BCUT2D eigenvalue weighted by molar-refractivity contribution is 6.36. The predicted molar refractivity (Wildman–Crippen MR) is 82.0 cm³/mol. The first-order chi connectivity index (χ1) is 9.47. The Morgan fingerprint density at radius 3 is 2.75 bits per heavy atom. The smallest absolute Gasteiger partial charge is 0.255 e. The molecule has 0 aliphatic rings. The van der Waals surface area contributed by atoms with Gasteiger partial charge in [-0.15, -0.1) is 0 Å². The topological polar surface area (TPSA) is 70.1 Å². The minimum atomic E-state index is -0.195. The first-order valence-corrected chi connectivity index (χ1v) is 6.54. The molecule has 7 heteroatoms. The van der Waals surface area contributed by atoms with Gasteiger partial charge in [0, 0.05) is 21.8 Å². The molecule has 2 rings (SSSR count). The van der Waals surface area contributed by atoms with Crippen LogP contribution in [0.1, 0.15) is 16.8 Å².